The molecule has 0 radical (unpaired) electrons. The number of amides is 1. The van der Waals surface area contributed by atoms with Gasteiger partial charge in [0, 0.05) is 22.0 Å². The summed E-state index contributed by atoms with van der Waals surface area (Å²) in [6.07, 6.45) is 0. The average molecular weight is 428 g/mol. The number of rotatable bonds is 6. The molecule has 0 saturated heterocycles. The van der Waals surface area contributed by atoms with Gasteiger partial charge in [-0.2, -0.15) is 4.98 Å². The second-order valence-corrected chi connectivity index (χ2v) is 7.86. The summed E-state index contributed by atoms with van der Waals surface area (Å²) >= 11 is 7.18. The Morgan fingerprint density at radius 3 is 2.76 bits per heavy atom. The molecule has 0 spiro atoms. The van der Waals surface area contributed by atoms with Gasteiger partial charge in [-0.1, -0.05) is 23.4 Å². The number of carbonyl (C=O) groups excluding carboxylic acids is 1. The lowest BCUT2D eigenvalue weighted by molar-refractivity contribution is -0.118. The summed E-state index contributed by atoms with van der Waals surface area (Å²) in [6.45, 7) is 4.17. The Labute approximate surface area is 176 Å². The number of fused-ring (bicyclic) bond motifs is 1. The first kappa shape index (κ1) is 19.5. The van der Waals surface area contributed by atoms with Crippen LogP contribution in [0.2, 0.25) is 5.02 Å². The molecule has 0 saturated carbocycles. The van der Waals surface area contributed by atoms with Gasteiger partial charge in [0.2, 0.25) is 11.1 Å². The summed E-state index contributed by atoms with van der Waals surface area (Å²) < 4.78 is 7.46. The lowest BCUT2D eigenvalue weighted by Gasteiger charge is -2.02. The number of thioether (sulfide) groups is 1. The average Bonchev–Trinajstić information content (AvgIpc) is 3.32. The normalized spacial score (nSPS) is 11.1. The highest BCUT2D eigenvalue weighted by molar-refractivity contribution is 7.99. The van der Waals surface area contributed by atoms with Crippen molar-refractivity contribution >= 4 is 35.0 Å². The van der Waals surface area contributed by atoms with Gasteiger partial charge in [0.25, 0.3) is 5.78 Å². The Bertz CT molecular complexity index is 1170. The topological polar surface area (TPSA) is 85.3 Å². The van der Waals surface area contributed by atoms with E-state index in [0.717, 1.165) is 22.7 Å². The highest BCUT2D eigenvalue weighted by Crippen LogP contribution is 2.24. The minimum atomic E-state index is -0.126. The summed E-state index contributed by atoms with van der Waals surface area (Å²) in [5, 5.41) is 8.42. The Morgan fingerprint density at radius 2 is 1.97 bits per heavy atom. The summed E-state index contributed by atoms with van der Waals surface area (Å²) in [5.41, 5.74) is 2.76. The fourth-order valence-electron chi connectivity index (χ4n) is 2.82. The van der Waals surface area contributed by atoms with E-state index >= 15 is 0 Å². The second kappa shape index (κ2) is 8.26. The van der Waals surface area contributed by atoms with Crippen molar-refractivity contribution in [3.63, 3.8) is 0 Å². The number of hydrogen-bond donors (Lipinski definition) is 1. The van der Waals surface area contributed by atoms with E-state index in [2.05, 4.69) is 20.4 Å². The Balaban J connectivity index is 1.31. The summed E-state index contributed by atoms with van der Waals surface area (Å²) in [7, 11) is 0. The maximum atomic E-state index is 12.2. The molecule has 0 bridgehead atoms. The van der Waals surface area contributed by atoms with Crippen molar-refractivity contribution in [2.75, 3.05) is 5.75 Å². The van der Waals surface area contributed by atoms with Crippen molar-refractivity contribution in [1.29, 1.82) is 0 Å². The van der Waals surface area contributed by atoms with E-state index in [1.54, 1.807) is 4.52 Å². The number of furan rings is 1. The number of halogens is 1. The van der Waals surface area contributed by atoms with Gasteiger partial charge >= 0.3 is 0 Å². The molecule has 1 aromatic carbocycles. The summed E-state index contributed by atoms with van der Waals surface area (Å²) in [6, 6.07) is 13.0. The minimum absolute atomic E-state index is 0.126. The third-order valence-electron chi connectivity index (χ3n) is 4.18. The van der Waals surface area contributed by atoms with Crippen molar-refractivity contribution in [2.24, 2.45) is 0 Å². The number of aryl methyl sites for hydroxylation is 2. The molecule has 0 aliphatic rings. The SMILES string of the molecule is Cc1cc(C)n2nc(SCC(=O)NCc3ccc(-c4ccc(Cl)cc4)o3)nc2n1. The first-order valence-corrected chi connectivity index (χ1v) is 10.3. The van der Waals surface area contributed by atoms with Gasteiger partial charge in [0.05, 0.1) is 12.3 Å². The third-order valence-corrected chi connectivity index (χ3v) is 5.27. The maximum absolute atomic E-state index is 12.2. The fraction of sp³-hybridized carbons (Fsp3) is 0.200. The van der Waals surface area contributed by atoms with Crippen LogP contribution in [-0.2, 0) is 11.3 Å². The van der Waals surface area contributed by atoms with Crippen molar-refractivity contribution < 1.29 is 9.21 Å². The number of benzene rings is 1. The summed E-state index contributed by atoms with van der Waals surface area (Å²) in [4.78, 5) is 20.9. The first-order chi connectivity index (χ1) is 14.0. The molecule has 1 N–H and O–H groups in total. The molecule has 0 aliphatic carbocycles. The van der Waals surface area contributed by atoms with Crippen LogP contribution < -0.4 is 5.32 Å². The van der Waals surface area contributed by atoms with Gasteiger partial charge in [-0.15, -0.1) is 5.10 Å². The van der Waals surface area contributed by atoms with Crippen molar-refractivity contribution in [2.45, 2.75) is 25.5 Å². The molecular weight excluding hydrogens is 410 g/mol. The molecule has 148 valence electrons. The number of carbonyl (C=O) groups is 1. The van der Waals surface area contributed by atoms with Crippen molar-refractivity contribution in [3.05, 3.63) is 64.6 Å². The third kappa shape index (κ3) is 4.60. The van der Waals surface area contributed by atoms with E-state index < -0.39 is 0 Å². The van der Waals surface area contributed by atoms with E-state index in [0.29, 0.717) is 28.3 Å². The van der Waals surface area contributed by atoms with Crippen LogP contribution in [0.5, 0.6) is 0 Å². The highest BCUT2D eigenvalue weighted by atomic mass is 35.5. The molecule has 3 aromatic heterocycles. The van der Waals surface area contributed by atoms with Gasteiger partial charge in [-0.05, 0) is 56.3 Å². The van der Waals surface area contributed by atoms with Crippen LogP contribution in [0.25, 0.3) is 17.1 Å². The quantitative estimate of drug-likeness (QED) is 0.467. The van der Waals surface area contributed by atoms with Crippen LogP contribution in [0.3, 0.4) is 0 Å². The van der Waals surface area contributed by atoms with Crippen LogP contribution >= 0.6 is 23.4 Å². The number of nitrogens with zero attached hydrogens (tertiary/aromatic N) is 4. The van der Waals surface area contributed by atoms with Gasteiger partial charge in [-0.3, -0.25) is 4.79 Å². The van der Waals surface area contributed by atoms with Crippen LogP contribution in [0, 0.1) is 13.8 Å². The fourth-order valence-corrected chi connectivity index (χ4v) is 3.59. The summed E-state index contributed by atoms with van der Waals surface area (Å²) in [5.74, 6) is 2.02. The largest absolute Gasteiger partial charge is 0.459 e. The molecule has 29 heavy (non-hydrogen) atoms. The number of nitrogens with one attached hydrogen (secondary N) is 1. The molecule has 4 rings (SSSR count). The number of aromatic nitrogens is 4. The van der Waals surface area contributed by atoms with Crippen LogP contribution in [0.1, 0.15) is 17.1 Å². The van der Waals surface area contributed by atoms with Crippen molar-refractivity contribution in [3.8, 4) is 11.3 Å². The van der Waals surface area contributed by atoms with Gasteiger partial charge in [0.15, 0.2) is 0 Å². The lowest BCUT2D eigenvalue weighted by atomic mass is 10.2. The zero-order chi connectivity index (χ0) is 20.4. The lowest BCUT2D eigenvalue weighted by Crippen LogP contribution is -2.24. The first-order valence-electron chi connectivity index (χ1n) is 8.93. The van der Waals surface area contributed by atoms with Gasteiger partial charge in [-0.25, -0.2) is 9.50 Å². The highest BCUT2D eigenvalue weighted by Gasteiger charge is 2.11. The molecule has 3 heterocycles. The Morgan fingerprint density at radius 1 is 1.17 bits per heavy atom. The van der Waals surface area contributed by atoms with Gasteiger partial charge < -0.3 is 9.73 Å². The molecule has 7 nitrogen and oxygen atoms in total. The molecule has 0 aliphatic heterocycles. The Kier molecular flexibility index (Phi) is 5.55. The standard InChI is InChI=1S/C20H18ClN5O2S/c1-12-9-13(2)26-19(23-12)24-20(25-26)29-11-18(27)22-10-16-7-8-17(28-16)14-3-5-15(21)6-4-14/h3-9H,10-11H2,1-2H3,(H,22,27). The van der Waals surface area contributed by atoms with E-state index in [-0.39, 0.29) is 11.7 Å². The van der Waals surface area contributed by atoms with E-state index in [1.165, 1.54) is 11.8 Å². The molecule has 4 aromatic rings. The second-order valence-electron chi connectivity index (χ2n) is 6.48. The predicted molar refractivity (Wildman–Crippen MR) is 112 cm³/mol. The zero-order valence-electron chi connectivity index (χ0n) is 15.8. The number of hydrogen-bond acceptors (Lipinski definition) is 6. The molecule has 0 unspecified atom stereocenters. The monoisotopic (exact) mass is 427 g/mol. The van der Waals surface area contributed by atoms with E-state index in [1.807, 2.05) is 56.3 Å². The minimum Gasteiger partial charge on any atom is -0.459 e. The molecule has 0 atom stereocenters. The predicted octanol–water partition coefficient (Wildman–Crippen LogP) is 4.06. The van der Waals surface area contributed by atoms with E-state index in [9.17, 15) is 4.79 Å². The van der Waals surface area contributed by atoms with Gasteiger partial charge in [0.1, 0.15) is 11.5 Å². The molecule has 0 fully saturated rings. The van der Waals surface area contributed by atoms with Crippen molar-refractivity contribution in [1.82, 2.24) is 24.9 Å². The molecular formula is C20H18ClN5O2S. The van der Waals surface area contributed by atoms with Crippen LogP contribution in [0.4, 0.5) is 0 Å². The molecule has 1 amide bonds. The Hall–Kier alpha value is -2.84. The van der Waals surface area contributed by atoms with Crippen LogP contribution in [0.15, 0.2) is 52.0 Å². The van der Waals surface area contributed by atoms with Crippen LogP contribution in [-0.4, -0.2) is 31.2 Å². The maximum Gasteiger partial charge on any atom is 0.253 e. The molecule has 9 heteroatoms. The zero-order valence-corrected chi connectivity index (χ0v) is 17.4. The van der Waals surface area contributed by atoms with E-state index in [4.69, 9.17) is 16.0 Å². The smallest absolute Gasteiger partial charge is 0.253 e.